The number of nitrogens with one attached hydrogen (secondary N) is 1. The molecule has 1 amide bonds. The molecule has 0 saturated carbocycles. The molecule has 5 heteroatoms. The summed E-state index contributed by atoms with van der Waals surface area (Å²) in [6.45, 7) is 4.83. The first-order chi connectivity index (χ1) is 9.60. The van der Waals surface area contributed by atoms with Crippen molar-refractivity contribution in [3.05, 3.63) is 52.8 Å². The molecule has 106 valence electrons. The highest BCUT2D eigenvalue weighted by Crippen LogP contribution is 2.10. The summed E-state index contributed by atoms with van der Waals surface area (Å²) >= 11 is 0. The number of aliphatic hydroxyl groups is 1. The Kier molecular flexibility index (Phi) is 4.53. The number of nitrogens with zero attached hydrogens (tertiary/aromatic N) is 2. The lowest BCUT2D eigenvalue weighted by atomic mass is 10.1. The van der Waals surface area contributed by atoms with Crippen LogP contribution in [0, 0.1) is 13.8 Å². The Morgan fingerprint density at radius 2 is 2.20 bits per heavy atom. The van der Waals surface area contributed by atoms with Gasteiger partial charge < -0.3 is 10.4 Å². The van der Waals surface area contributed by atoms with Crippen molar-refractivity contribution < 1.29 is 9.90 Å². The van der Waals surface area contributed by atoms with Gasteiger partial charge in [0.2, 0.25) is 0 Å². The van der Waals surface area contributed by atoms with E-state index in [1.807, 2.05) is 38.2 Å². The maximum Gasteiger partial charge on any atom is 0.251 e. The van der Waals surface area contributed by atoms with E-state index in [4.69, 9.17) is 5.11 Å². The van der Waals surface area contributed by atoms with Gasteiger partial charge in [0, 0.05) is 23.9 Å². The fourth-order valence-electron chi connectivity index (χ4n) is 1.98. The largest absolute Gasteiger partial charge is 0.394 e. The molecular weight excluding hydrogens is 254 g/mol. The van der Waals surface area contributed by atoms with Crippen LogP contribution in [0.1, 0.15) is 27.0 Å². The summed E-state index contributed by atoms with van der Waals surface area (Å²) < 4.78 is 1.65. The molecule has 0 unspecified atom stereocenters. The molecule has 0 aliphatic carbocycles. The van der Waals surface area contributed by atoms with Crippen LogP contribution < -0.4 is 5.32 Å². The van der Waals surface area contributed by atoms with E-state index in [1.54, 1.807) is 10.9 Å². The van der Waals surface area contributed by atoms with Gasteiger partial charge in [-0.05, 0) is 25.5 Å². The van der Waals surface area contributed by atoms with Gasteiger partial charge in [0.25, 0.3) is 5.91 Å². The quantitative estimate of drug-likeness (QED) is 0.866. The van der Waals surface area contributed by atoms with Gasteiger partial charge in [0.1, 0.15) is 0 Å². The fraction of sp³-hybridized carbons (Fsp3) is 0.333. The fourth-order valence-corrected chi connectivity index (χ4v) is 1.98. The molecule has 0 radical (unpaired) electrons. The van der Waals surface area contributed by atoms with Crippen LogP contribution in [-0.4, -0.2) is 27.4 Å². The zero-order chi connectivity index (χ0) is 14.5. The Morgan fingerprint density at radius 3 is 2.95 bits per heavy atom. The summed E-state index contributed by atoms with van der Waals surface area (Å²) in [7, 11) is 0. The van der Waals surface area contributed by atoms with E-state index in [0.29, 0.717) is 18.7 Å². The lowest BCUT2D eigenvalue weighted by Gasteiger charge is -2.07. The zero-order valence-electron chi connectivity index (χ0n) is 11.8. The first kappa shape index (κ1) is 14.3. The van der Waals surface area contributed by atoms with Crippen LogP contribution in [0.5, 0.6) is 0 Å². The van der Waals surface area contributed by atoms with E-state index in [2.05, 4.69) is 10.4 Å². The number of carbonyl (C=O) groups excluding carboxylic acids is 1. The smallest absolute Gasteiger partial charge is 0.251 e. The molecule has 1 aromatic heterocycles. The molecule has 1 heterocycles. The van der Waals surface area contributed by atoms with Crippen molar-refractivity contribution in [2.24, 2.45) is 0 Å². The van der Waals surface area contributed by atoms with Crippen LogP contribution in [0.2, 0.25) is 0 Å². The minimum absolute atomic E-state index is 0.0516. The van der Waals surface area contributed by atoms with Gasteiger partial charge in [-0.2, -0.15) is 5.10 Å². The molecule has 0 atom stereocenters. The van der Waals surface area contributed by atoms with Crippen LogP contribution in [-0.2, 0) is 13.1 Å². The van der Waals surface area contributed by atoms with Crippen LogP contribution in [0.15, 0.2) is 30.6 Å². The molecular formula is C15H19N3O2. The Labute approximate surface area is 118 Å². The summed E-state index contributed by atoms with van der Waals surface area (Å²) in [6.07, 6.45) is 3.51. The van der Waals surface area contributed by atoms with Crippen LogP contribution in [0.3, 0.4) is 0 Å². The molecule has 0 aliphatic rings. The first-order valence-corrected chi connectivity index (χ1v) is 6.58. The minimum atomic E-state index is -0.0823. The van der Waals surface area contributed by atoms with Crippen LogP contribution >= 0.6 is 0 Å². The number of hydrogen-bond donors (Lipinski definition) is 2. The lowest BCUT2D eigenvalue weighted by molar-refractivity contribution is 0.0950. The SMILES string of the molecule is Cc1ccc(C)c(C(=O)NCc2cnn(CCO)c2)c1. The van der Waals surface area contributed by atoms with Gasteiger partial charge in [0.15, 0.2) is 0 Å². The predicted octanol–water partition coefficient (Wildman–Crippen LogP) is 1.42. The van der Waals surface area contributed by atoms with Crippen LogP contribution in [0.4, 0.5) is 0 Å². The van der Waals surface area contributed by atoms with Crippen molar-refractivity contribution in [2.45, 2.75) is 26.9 Å². The minimum Gasteiger partial charge on any atom is -0.394 e. The van der Waals surface area contributed by atoms with Gasteiger partial charge in [0.05, 0.1) is 19.3 Å². The van der Waals surface area contributed by atoms with Crippen molar-refractivity contribution >= 4 is 5.91 Å². The summed E-state index contributed by atoms with van der Waals surface area (Å²) in [4.78, 5) is 12.1. The third-order valence-corrected chi connectivity index (χ3v) is 3.11. The second kappa shape index (κ2) is 6.34. The lowest BCUT2D eigenvalue weighted by Crippen LogP contribution is -2.23. The highest BCUT2D eigenvalue weighted by Gasteiger charge is 2.09. The van der Waals surface area contributed by atoms with Crippen molar-refractivity contribution in [2.75, 3.05) is 6.61 Å². The number of benzene rings is 1. The third kappa shape index (κ3) is 3.45. The highest BCUT2D eigenvalue weighted by molar-refractivity contribution is 5.95. The maximum atomic E-state index is 12.1. The van der Waals surface area contributed by atoms with Gasteiger partial charge in [-0.3, -0.25) is 9.48 Å². The average Bonchev–Trinajstić information content (AvgIpc) is 2.87. The number of amides is 1. The monoisotopic (exact) mass is 273 g/mol. The normalized spacial score (nSPS) is 10.6. The van der Waals surface area contributed by atoms with E-state index in [9.17, 15) is 4.79 Å². The molecule has 0 fully saturated rings. The van der Waals surface area contributed by atoms with E-state index < -0.39 is 0 Å². The van der Waals surface area contributed by atoms with Gasteiger partial charge in [-0.15, -0.1) is 0 Å². The molecule has 2 N–H and O–H groups in total. The van der Waals surface area contributed by atoms with Crippen molar-refractivity contribution in [1.29, 1.82) is 0 Å². The maximum absolute atomic E-state index is 12.1. The molecule has 0 bridgehead atoms. The Hall–Kier alpha value is -2.14. The number of rotatable bonds is 5. The predicted molar refractivity (Wildman–Crippen MR) is 76.4 cm³/mol. The summed E-state index contributed by atoms with van der Waals surface area (Å²) in [5.41, 5.74) is 3.64. The Morgan fingerprint density at radius 1 is 1.40 bits per heavy atom. The van der Waals surface area contributed by atoms with E-state index in [-0.39, 0.29) is 12.5 Å². The van der Waals surface area contributed by atoms with Crippen molar-refractivity contribution in [3.8, 4) is 0 Å². The van der Waals surface area contributed by atoms with Gasteiger partial charge in [-0.1, -0.05) is 17.7 Å². The second-order valence-corrected chi connectivity index (χ2v) is 4.84. The van der Waals surface area contributed by atoms with Crippen LogP contribution in [0.25, 0.3) is 0 Å². The summed E-state index contributed by atoms with van der Waals surface area (Å²) in [6, 6.07) is 5.83. The van der Waals surface area contributed by atoms with E-state index in [1.165, 1.54) is 0 Å². The number of aryl methyl sites for hydroxylation is 2. The summed E-state index contributed by atoms with van der Waals surface area (Å²) in [5, 5.41) is 15.8. The van der Waals surface area contributed by atoms with E-state index >= 15 is 0 Å². The topological polar surface area (TPSA) is 67.2 Å². The Bertz CT molecular complexity index is 605. The molecule has 2 aromatic rings. The number of aromatic nitrogens is 2. The van der Waals surface area contributed by atoms with Gasteiger partial charge >= 0.3 is 0 Å². The van der Waals surface area contributed by atoms with E-state index in [0.717, 1.165) is 16.7 Å². The number of carbonyl (C=O) groups is 1. The van der Waals surface area contributed by atoms with Crippen molar-refractivity contribution in [3.63, 3.8) is 0 Å². The molecule has 2 rings (SSSR count). The first-order valence-electron chi connectivity index (χ1n) is 6.58. The van der Waals surface area contributed by atoms with Crippen molar-refractivity contribution in [1.82, 2.24) is 15.1 Å². The molecule has 20 heavy (non-hydrogen) atoms. The number of hydrogen-bond acceptors (Lipinski definition) is 3. The summed E-state index contributed by atoms with van der Waals surface area (Å²) in [5.74, 6) is -0.0823. The molecule has 0 saturated heterocycles. The standard InChI is InChI=1S/C15H19N3O2/c1-11-3-4-12(2)14(7-11)15(20)16-8-13-9-17-18(10-13)5-6-19/h3-4,7,9-10,19H,5-6,8H2,1-2H3,(H,16,20). The van der Waals surface area contributed by atoms with Gasteiger partial charge in [-0.25, -0.2) is 0 Å². The number of aliphatic hydroxyl groups excluding tert-OH is 1. The average molecular weight is 273 g/mol. The second-order valence-electron chi connectivity index (χ2n) is 4.84. The zero-order valence-corrected chi connectivity index (χ0v) is 11.8. The molecule has 1 aromatic carbocycles. The molecule has 0 aliphatic heterocycles. The Balaban J connectivity index is 1.99. The molecule has 5 nitrogen and oxygen atoms in total. The molecule has 0 spiro atoms. The highest BCUT2D eigenvalue weighted by atomic mass is 16.3. The third-order valence-electron chi connectivity index (χ3n) is 3.11.